The van der Waals surface area contributed by atoms with Gasteiger partial charge in [-0.3, -0.25) is 0 Å². The van der Waals surface area contributed by atoms with Crippen molar-refractivity contribution in [3.8, 4) is 0 Å². The SMILES string of the molecule is CCCCCCCCCCCCCCCC[C]1CCCCC1. The average Bonchev–Trinajstić information content (AvgIpc) is 2.56. The Morgan fingerprint density at radius 3 is 1.36 bits per heavy atom. The van der Waals surface area contributed by atoms with Crippen LogP contribution in [0.5, 0.6) is 0 Å². The normalized spacial score (nSPS) is 16.2. The van der Waals surface area contributed by atoms with Gasteiger partial charge < -0.3 is 0 Å². The second-order valence-electron chi connectivity index (χ2n) is 7.66. The minimum atomic E-state index is 1.37. The van der Waals surface area contributed by atoms with Crippen molar-refractivity contribution >= 4 is 0 Å². The summed E-state index contributed by atoms with van der Waals surface area (Å²) >= 11 is 0. The molecule has 0 spiro atoms. The first-order chi connectivity index (χ1) is 10.9. The van der Waals surface area contributed by atoms with E-state index >= 15 is 0 Å². The highest BCUT2D eigenvalue weighted by Crippen LogP contribution is 2.29. The molecule has 1 aliphatic rings. The van der Waals surface area contributed by atoms with Gasteiger partial charge >= 0.3 is 0 Å². The van der Waals surface area contributed by atoms with E-state index in [9.17, 15) is 0 Å². The first kappa shape index (κ1) is 20.0. The molecule has 0 N–H and O–H groups in total. The Bertz CT molecular complexity index is 202. The molecule has 22 heavy (non-hydrogen) atoms. The molecule has 1 radical (unpaired) electrons. The number of unbranched alkanes of at least 4 members (excludes halogenated alkanes) is 13. The van der Waals surface area contributed by atoms with Gasteiger partial charge in [0.15, 0.2) is 0 Å². The van der Waals surface area contributed by atoms with E-state index in [1.807, 2.05) is 5.92 Å². The molecular formula is C22H43. The van der Waals surface area contributed by atoms with E-state index in [0.29, 0.717) is 0 Å². The van der Waals surface area contributed by atoms with E-state index in [1.165, 1.54) is 128 Å². The summed E-state index contributed by atoms with van der Waals surface area (Å²) in [7, 11) is 0. The lowest BCUT2D eigenvalue weighted by atomic mass is 9.85. The van der Waals surface area contributed by atoms with Crippen molar-refractivity contribution in [3.63, 3.8) is 0 Å². The zero-order chi connectivity index (χ0) is 15.7. The monoisotopic (exact) mass is 307 g/mol. The van der Waals surface area contributed by atoms with E-state index in [4.69, 9.17) is 0 Å². The zero-order valence-electron chi connectivity index (χ0n) is 15.6. The van der Waals surface area contributed by atoms with Crippen LogP contribution in [0.25, 0.3) is 0 Å². The molecule has 0 unspecified atom stereocenters. The molecular weight excluding hydrogens is 264 g/mol. The van der Waals surface area contributed by atoms with Crippen LogP contribution in [-0.2, 0) is 0 Å². The zero-order valence-corrected chi connectivity index (χ0v) is 15.6. The largest absolute Gasteiger partial charge is 0.0654 e. The highest BCUT2D eigenvalue weighted by Gasteiger charge is 2.12. The third-order valence-corrected chi connectivity index (χ3v) is 5.44. The first-order valence-corrected chi connectivity index (χ1v) is 10.8. The van der Waals surface area contributed by atoms with Gasteiger partial charge in [-0.15, -0.1) is 0 Å². The molecule has 1 fully saturated rings. The molecule has 0 aromatic carbocycles. The van der Waals surface area contributed by atoms with Crippen LogP contribution in [0.2, 0.25) is 0 Å². The van der Waals surface area contributed by atoms with Crippen LogP contribution in [-0.4, -0.2) is 0 Å². The second kappa shape index (κ2) is 15.9. The van der Waals surface area contributed by atoms with Gasteiger partial charge in [0, 0.05) is 0 Å². The fourth-order valence-corrected chi connectivity index (χ4v) is 3.87. The molecule has 0 heterocycles. The van der Waals surface area contributed by atoms with Gasteiger partial charge in [-0.25, -0.2) is 0 Å². The molecule has 131 valence electrons. The number of hydrogen-bond acceptors (Lipinski definition) is 0. The average molecular weight is 308 g/mol. The summed E-state index contributed by atoms with van der Waals surface area (Å²) in [4.78, 5) is 0. The van der Waals surface area contributed by atoms with Crippen molar-refractivity contribution in [3.05, 3.63) is 5.92 Å². The molecule has 0 aliphatic heterocycles. The Balaban J connectivity index is 1.68. The Morgan fingerprint density at radius 1 is 0.500 bits per heavy atom. The Morgan fingerprint density at radius 2 is 0.909 bits per heavy atom. The molecule has 0 heteroatoms. The first-order valence-electron chi connectivity index (χ1n) is 10.8. The smallest absolute Gasteiger partial charge is 0.0241 e. The van der Waals surface area contributed by atoms with Crippen molar-refractivity contribution in [2.24, 2.45) is 0 Å². The Labute approximate surface area is 141 Å². The van der Waals surface area contributed by atoms with Gasteiger partial charge in [0.2, 0.25) is 0 Å². The van der Waals surface area contributed by atoms with E-state index in [-0.39, 0.29) is 0 Å². The van der Waals surface area contributed by atoms with Crippen molar-refractivity contribution in [1.29, 1.82) is 0 Å². The van der Waals surface area contributed by atoms with Crippen molar-refractivity contribution in [2.45, 2.75) is 135 Å². The van der Waals surface area contributed by atoms with Gasteiger partial charge in [0.1, 0.15) is 0 Å². The summed E-state index contributed by atoms with van der Waals surface area (Å²) in [5.74, 6) is 1.89. The third kappa shape index (κ3) is 12.5. The minimum Gasteiger partial charge on any atom is -0.0654 e. The summed E-state index contributed by atoms with van der Waals surface area (Å²) < 4.78 is 0. The maximum atomic E-state index is 2.30. The molecule has 0 aromatic heterocycles. The third-order valence-electron chi connectivity index (χ3n) is 5.44. The van der Waals surface area contributed by atoms with Crippen molar-refractivity contribution in [1.82, 2.24) is 0 Å². The molecule has 1 rings (SSSR count). The van der Waals surface area contributed by atoms with Crippen molar-refractivity contribution in [2.75, 3.05) is 0 Å². The van der Waals surface area contributed by atoms with Crippen LogP contribution in [0.15, 0.2) is 0 Å². The fraction of sp³-hybridized carbons (Fsp3) is 0.955. The summed E-state index contributed by atoms with van der Waals surface area (Å²) in [5.41, 5.74) is 0. The highest BCUT2D eigenvalue weighted by molar-refractivity contribution is 4.91. The Hall–Kier alpha value is 0. The fourth-order valence-electron chi connectivity index (χ4n) is 3.87. The summed E-state index contributed by atoms with van der Waals surface area (Å²) in [6, 6.07) is 0. The van der Waals surface area contributed by atoms with Crippen LogP contribution in [0.4, 0.5) is 0 Å². The highest BCUT2D eigenvalue weighted by atomic mass is 14.2. The second-order valence-corrected chi connectivity index (χ2v) is 7.66. The lowest BCUT2D eigenvalue weighted by molar-refractivity contribution is 0.483. The van der Waals surface area contributed by atoms with Gasteiger partial charge in [0.25, 0.3) is 0 Å². The predicted molar refractivity (Wildman–Crippen MR) is 101 cm³/mol. The predicted octanol–water partition coefficient (Wildman–Crippen LogP) is 8.40. The molecule has 0 saturated heterocycles. The summed E-state index contributed by atoms with van der Waals surface area (Å²) in [6.07, 6.45) is 29.5. The molecule has 0 aromatic rings. The molecule has 0 nitrogen and oxygen atoms in total. The topological polar surface area (TPSA) is 0 Å². The van der Waals surface area contributed by atoms with Crippen LogP contribution in [0.1, 0.15) is 135 Å². The molecule has 0 atom stereocenters. The molecule has 1 saturated carbocycles. The van der Waals surface area contributed by atoms with E-state index in [1.54, 1.807) is 0 Å². The standard InChI is InChI=1S/C22H43/c1-2-3-4-5-6-7-8-9-10-11-12-13-14-16-19-22-20-17-15-18-21-22/h2-21H2,1H3. The van der Waals surface area contributed by atoms with Crippen LogP contribution in [0.3, 0.4) is 0 Å². The maximum Gasteiger partial charge on any atom is -0.0241 e. The summed E-state index contributed by atoms with van der Waals surface area (Å²) in [6.45, 7) is 2.30. The number of hydrogen-bond donors (Lipinski definition) is 0. The minimum absolute atomic E-state index is 1.37. The van der Waals surface area contributed by atoms with Gasteiger partial charge in [-0.05, 0) is 25.2 Å². The maximum absolute atomic E-state index is 2.30. The Kier molecular flexibility index (Phi) is 14.5. The molecule has 1 aliphatic carbocycles. The van der Waals surface area contributed by atoms with Crippen LogP contribution < -0.4 is 0 Å². The summed E-state index contributed by atoms with van der Waals surface area (Å²) in [5, 5.41) is 0. The van der Waals surface area contributed by atoms with Gasteiger partial charge in [0.05, 0.1) is 0 Å². The number of rotatable bonds is 15. The van der Waals surface area contributed by atoms with Crippen molar-refractivity contribution < 1.29 is 0 Å². The van der Waals surface area contributed by atoms with Crippen LogP contribution >= 0.6 is 0 Å². The van der Waals surface area contributed by atoms with Gasteiger partial charge in [-0.1, -0.05) is 116 Å². The molecule has 0 bridgehead atoms. The van der Waals surface area contributed by atoms with E-state index in [2.05, 4.69) is 6.92 Å². The van der Waals surface area contributed by atoms with E-state index in [0.717, 1.165) is 0 Å². The van der Waals surface area contributed by atoms with E-state index < -0.39 is 0 Å². The van der Waals surface area contributed by atoms with Gasteiger partial charge in [-0.2, -0.15) is 0 Å². The lowest BCUT2D eigenvalue weighted by Gasteiger charge is -2.20. The molecule has 0 amide bonds. The quantitative estimate of drug-likeness (QED) is 0.266. The lowest BCUT2D eigenvalue weighted by Crippen LogP contribution is -2.03. The van der Waals surface area contributed by atoms with Crippen LogP contribution in [0, 0.1) is 5.92 Å².